The maximum Gasteiger partial charge on any atom is 0.140 e. The van der Waals surface area contributed by atoms with E-state index in [9.17, 15) is 0 Å². The number of hydrogen-bond acceptors (Lipinski definition) is 2. The number of fused-ring (bicyclic) bond motifs is 1. The molecule has 72 valence electrons. The van der Waals surface area contributed by atoms with Crippen LogP contribution in [-0.2, 0) is 0 Å². The molecule has 2 nitrogen and oxygen atoms in total. The minimum atomic E-state index is 0.373. The molecule has 4 heteroatoms. The van der Waals surface area contributed by atoms with Crippen molar-refractivity contribution in [1.82, 2.24) is 9.97 Å². The highest BCUT2D eigenvalue weighted by atomic mass is 35.5. The molecule has 2 aromatic heterocycles. The summed E-state index contributed by atoms with van der Waals surface area (Å²) >= 11 is 11.7. The highest BCUT2D eigenvalue weighted by molar-refractivity contribution is 6.36. The molecule has 0 aromatic carbocycles. The van der Waals surface area contributed by atoms with Gasteiger partial charge in [0.15, 0.2) is 0 Å². The van der Waals surface area contributed by atoms with Gasteiger partial charge in [0.25, 0.3) is 0 Å². The average molecular weight is 227 g/mol. The van der Waals surface area contributed by atoms with Crippen molar-refractivity contribution < 1.29 is 0 Å². The van der Waals surface area contributed by atoms with Crippen LogP contribution < -0.4 is 0 Å². The molecule has 0 aliphatic heterocycles. The molecule has 0 N–H and O–H groups in total. The third-order valence-electron chi connectivity index (χ3n) is 2.18. The molecule has 0 aliphatic rings. The largest absolute Gasteiger partial charge is 0.253 e. The average Bonchev–Trinajstić information content (AvgIpc) is 2.08. The van der Waals surface area contributed by atoms with Crippen molar-refractivity contribution in [2.75, 3.05) is 0 Å². The zero-order valence-electron chi connectivity index (χ0n) is 7.81. The molecule has 0 atom stereocenters. The van der Waals surface area contributed by atoms with Crippen LogP contribution in [0.5, 0.6) is 0 Å². The fourth-order valence-electron chi connectivity index (χ4n) is 1.30. The number of aryl methyl sites for hydroxylation is 2. The highest BCUT2D eigenvalue weighted by Gasteiger charge is 2.05. The van der Waals surface area contributed by atoms with Crippen molar-refractivity contribution in [3.63, 3.8) is 0 Å². The van der Waals surface area contributed by atoms with Crippen molar-refractivity contribution in [3.05, 3.63) is 33.7 Å². The van der Waals surface area contributed by atoms with Crippen LogP contribution in [0.2, 0.25) is 10.3 Å². The summed E-state index contributed by atoms with van der Waals surface area (Å²) < 4.78 is 0. The molecular weight excluding hydrogens is 219 g/mol. The van der Waals surface area contributed by atoms with Gasteiger partial charge in [0, 0.05) is 17.1 Å². The first-order valence-electron chi connectivity index (χ1n) is 4.18. The Balaban J connectivity index is 2.89. The van der Waals surface area contributed by atoms with Gasteiger partial charge in [-0.05, 0) is 25.5 Å². The number of hydrogen-bond donors (Lipinski definition) is 0. The van der Waals surface area contributed by atoms with Crippen molar-refractivity contribution >= 4 is 34.1 Å². The Labute approximate surface area is 91.9 Å². The van der Waals surface area contributed by atoms with Crippen LogP contribution in [0.15, 0.2) is 12.1 Å². The molecular formula is C10H8Cl2N2. The zero-order valence-corrected chi connectivity index (χ0v) is 9.32. The number of halogens is 2. The van der Waals surface area contributed by atoms with E-state index in [1.165, 1.54) is 0 Å². The van der Waals surface area contributed by atoms with Crippen LogP contribution in [-0.4, -0.2) is 9.97 Å². The van der Waals surface area contributed by atoms with Gasteiger partial charge in [-0.15, -0.1) is 0 Å². The van der Waals surface area contributed by atoms with Gasteiger partial charge in [-0.1, -0.05) is 23.2 Å². The van der Waals surface area contributed by atoms with E-state index in [-0.39, 0.29) is 0 Å². The summed E-state index contributed by atoms with van der Waals surface area (Å²) in [5.41, 5.74) is 2.87. The number of nitrogens with zero attached hydrogens (tertiary/aromatic N) is 2. The third kappa shape index (κ3) is 1.56. The van der Waals surface area contributed by atoms with E-state index >= 15 is 0 Å². The van der Waals surface area contributed by atoms with Gasteiger partial charge in [0.05, 0.1) is 5.52 Å². The molecule has 0 radical (unpaired) electrons. The maximum absolute atomic E-state index is 5.95. The number of aromatic nitrogens is 2. The lowest BCUT2D eigenvalue weighted by molar-refractivity contribution is 1.19. The minimum Gasteiger partial charge on any atom is -0.253 e. The first-order valence-corrected chi connectivity index (χ1v) is 4.93. The zero-order chi connectivity index (χ0) is 10.3. The van der Waals surface area contributed by atoms with E-state index in [1.54, 1.807) is 6.07 Å². The Morgan fingerprint density at radius 3 is 2.50 bits per heavy atom. The molecule has 2 aromatic rings. The van der Waals surface area contributed by atoms with Gasteiger partial charge in [-0.2, -0.15) is 0 Å². The first kappa shape index (κ1) is 9.69. The predicted octanol–water partition coefficient (Wildman–Crippen LogP) is 3.55. The van der Waals surface area contributed by atoms with E-state index < -0.39 is 0 Å². The molecule has 0 saturated heterocycles. The molecule has 2 heterocycles. The van der Waals surface area contributed by atoms with Crippen LogP contribution in [0.1, 0.15) is 11.3 Å². The molecule has 0 unspecified atom stereocenters. The summed E-state index contributed by atoms with van der Waals surface area (Å²) in [4.78, 5) is 8.35. The van der Waals surface area contributed by atoms with Crippen molar-refractivity contribution in [2.45, 2.75) is 13.8 Å². The Morgan fingerprint density at radius 2 is 1.79 bits per heavy atom. The van der Waals surface area contributed by atoms with Gasteiger partial charge in [-0.3, -0.25) is 4.98 Å². The fraction of sp³-hybridized carbons (Fsp3) is 0.200. The van der Waals surface area contributed by atoms with E-state index in [4.69, 9.17) is 23.2 Å². The highest BCUT2D eigenvalue weighted by Crippen LogP contribution is 2.24. The quantitative estimate of drug-likeness (QED) is 0.643. The van der Waals surface area contributed by atoms with Gasteiger partial charge in [-0.25, -0.2) is 4.98 Å². The topological polar surface area (TPSA) is 25.8 Å². The monoisotopic (exact) mass is 226 g/mol. The molecule has 0 spiro atoms. The van der Waals surface area contributed by atoms with Crippen LogP contribution in [0, 0.1) is 13.8 Å². The van der Waals surface area contributed by atoms with Gasteiger partial charge in [0.2, 0.25) is 0 Å². The lowest BCUT2D eigenvalue weighted by Gasteiger charge is -2.04. The molecule has 2 rings (SSSR count). The predicted molar refractivity (Wildman–Crippen MR) is 59.0 cm³/mol. The summed E-state index contributed by atoms with van der Waals surface area (Å²) in [6.07, 6.45) is 0. The van der Waals surface area contributed by atoms with Gasteiger partial charge >= 0.3 is 0 Å². The van der Waals surface area contributed by atoms with E-state index in [0.717, 1.165) is 22.2 Å². The Bertz CT molecular complexity index is 509. The Kier molecular flexibility index (Phi) is 2.33. The van der Waals surface area contributed by atoms with Crippen LogP contribution in [0.4, 0.5) is 0 Å². The summed E-state index contributed by atoms with van der Waals surface area (Å²) in [6, 6.07) is 3.69. The summed E-state index contributed by atoms with van der Waals surface area (Å²) in [6.45, 7) is 3.95. The number of rotatable bonds is 0. The maximum atomic E-state index is 5.95. The third-order valence-corrected chi connectivity index (χ3v) is 2.66. The smallest absolute Gasteiger partial charge is 0.140 e. The second-order valence-corrected chi connectivity index (χ2v) is 3.94. The van der Waals surface area contributed by atoms with Crippen LogP contribution in [0.25, 0.3) is 10.9 Å². The lowest BCUT2D eigenvalue weighted by Crippen LogP contribution is -1.90. The van der Waals surface area contributed by atoms with E-state index in [2.05, 4.69) is 9.97 Å². The summed E-state index contributed by atoms with van der Waals surface area (Å²) in [7, 11) is 0. The normalized spacial score (nSPS) is 10.9. The fourth-order valence-corrected chi connectivity index (χ4v) is 1.77. The molecule has 0 aliphatic carbocycles. The van der Waals surface area contributed by atoms with E-state index in [0.29, 0.717) is 10.3 Å². The standard InChI is InChI=1S/C10H8Cl2N2/c1-5-3-7-8(13-6(5)2)4-9(11)14-10(7)12/h3-4H,1-2H3. The van der Waals surface area contributed by atoms with E-state index in [1.807, 2.05) is 19.9 Å². The van der Waals surface area contributed by atoms with Crippen molar-refractivity contribution in [2.24, 2.45) is 0 Å². The second-order valence-electron chi connectivity index (χ2n) is 3.19. The summed E-state index contributed by atoms with van der Waals surface area (Å²) in [5, 5.41) is 1.63. The van der Waals surface area contributed by atoms with Gasteiger partial charge < -0.3 is 0 Å². The Morgan fingerprint density at radius 1 is 1.07 bits per heavy atom. The molecule has 0 amide bonds. The SMILES string of the molecule is Cc1cc2c(Cl)nc(Cl)cc2nc1C. The molecule has 0 bridgehead atoms. The second kappa shape index (κ2) is 3.37. The lowest BCUT2D eigenvalue weighted by atomic mass is 10.1. The molecule has 14 heavy (non-hydrogen) atoms. The molecule has 0 saturated carbocycles. The minimum absolute atomic E-state index is 0.373. The van der Waals surface area contributed by atoms with Gasteiger partial charge in [0.1, 0.15) is 10.3 Å². The van der Waals surface area contributed by atoms with Crippen LogP contribution in [0.3, 0.4) is 0 Å². The first-order chi connectivity index (χ1) is 6.58. The number of pyridine rings is 2. The van der Waals surface area contributed by atoms with Crippen LogP contribution >= 0.6 is 23.2 Å². The van der Waals surface area contributed by atoms with Crippen molar-refractivity contribution in [3.8, 4) is 0 Å². The Hall–Kier alpha value is -0.860. The molecule has 0 fully saturated rings. The van der Waals surface area contributed by atoms with Crippen molar-refractivity contribution in [1.29, 1.82) is 0 Å². The summed E-state index contributed by atoms with van der Waals surface area (Å²) in [5.74, 6) is 0.